The highest BCUT2D eigenvalue weighted by Gasteiger charge is 2.33. The van der Waals surface area contributed by atoms with E-state index in [0.717, 1.165) is 31.4 Å². The van der Waals surface area contributed by atoms with E-state index >= 15 is 0 Å². The number of hydrogen-bond donors (Lipinski definition) is 1. The summed E-state index contributed by atoms with van der Waals surface area (Å²) in [6.45, 7) is 5.84. The van der Waals surface area contributed by atoms with Crippen molar-refractivity contribution >= 4 is 5.91 Å². The number of morpholine rings is 1. The molecule has 0 bridgehead atoms. The zero-order chi connectivity index (χ0) is 17.9. The van der Waals surface area contributed by atoms with Crippen molar-refractivity contribution in [1.82, 2.24) is 20.0 Å². The van der Waals surface area contributed by atoms with Gasteiger partial charge in [-0.15, -0.1) is 0 Å². The number of aromatic nitrogens is 2. The topological polar surface area (TPSA) is 59.4 Å². The Morgan fingerprint density at radius 2 is 2.12 bits per heavy atom. The second kappa shape index (κ2) is 7.60. The van der Waals surface area contributed by atoms with Gasteiger partial charge in [0.2, 0.25) is 0 Å². The molecule has 0 spiro atoms. The average Bonchev–Trinajstić information content (AvgIpc) is 3.46. The zero-order valence-corrected chi connectivity index (χ0v) is 15.2. The lowest BCUT2D eigenvalue weighted by Crippen LogP contribution is -2.48. The van der Waals surface area contributed by atoms with Crippen LogP contribution in [0, 0.1) is 6.92 Å². The van der Waals surface area contributed by atoms with Gasteiger partial charge in [0, 0.05) is 31.4 Å². The van der Waals surface area contributed by atoms with Gasteiger partial charge >= 0.3 is 0 Å². The molecule has 26 heavy (non-hydrogen) atoms. The molecule has 6 nitrogen and oxygen atoms in total. The first-order chi connectivity index (χ1) is 12.7. The Kier molecular flexibility index (Phi) is 5.04. The van der Waals surface area contributed by atoms with Crippen molar-refractivity contribution in [2.24, 2.45) is 0 Å². The number of carbonyl (C=O) groups excluding carboxylic acids is 1. The summed E-state index contributed by atoms with van der Waals surface area (Å²) in [5.74, 6) is -0.0750. The maximum Gasteiger partial charge on any atom is 0.254 e. The molecular formula is C20H26N4O2. The van der Waals surface area contributed by atoms with Gasteiger partial charge in [0.25, 0.3) is 5.91 Å². The lowest BCUT2D eigenvalue weighted by atomic mass is 10.2. The van der Waals surface area contributed by atoms with Gasteiger partial charge in [-0.1, -0.05) is 30.3 Å². The summed E-state index contributed by atoms with van der Waals surface area (Å²) in [7, 11) is 0. The summed E-state index contributed by atoms with van der Waals surface area (Å²) in [6.07, 6.45) is 4.34. The van der Waals surface area contributed by atoms with E-state index in [1.54, 1.807) is 6.20 Å². The molecule has 4 rings (SSSR count). The molecule has 1 aromatic carbocycles. The van der Waals surface area contributed by atoms with E-state index in [-0.39, 0.29) is 12.0 Å². The van der Waals surface area contributed by atoms with E-state index in [0.29, 0.717) is 18.7 Å². The molecule has 1 amide bonds. The van der Waals surface area contributed by atoms with Gasteiger partial charge in [-0.3, -0.25) is 14.4 Å². The Bertz CT molecular complexity index is 754. The lowest BCUT2D eigenvalue weighted by molar-refractivity contribution is -0.0293. The minimum atomic E-state index is -0.0750. The van der Waals surface area contributed by atoms with Crippen LogP contribution in [0.4, 0.5) is 0 Å². The molecule has 2 fully saturated rings. The molecule has 0 radical (unpaired) electrons. The molecule has 1 atom stereocenters. The fourth-order valence-electron chi connectivity index (χ4n) is 3.52. The van der Waals surface area contributed by atoms with Crippen LogP contribution in [0.3, 0.4) is 0 Å². The van der Waals surface area contributed by atoms with Crippen LogP contribution in [0.1, 0.15) is 34.5 Å². The van der Waals surface area contributed by atoms with Crippen molar-refractivity contribution in [3.8, 4) is 0 Å². The SMILES string of the molecule is Cc1c(C(=O)NCC2CN(C3CC3)CCO2)cnn1Cc1ccccc1. The normalized spacial score (nSPS) is 20.9. The molecule has 1 saturated carbocycles. The first-order valence-corrected chi connectivity index (χ1v) is 9.41. The Morgan fingerprint density at radius 3 is 2.88 bits per heavy atom. The molecular weight excluding hydrogens is 328 g/mol. The van der Waals surface area contributed by atoms with Crippen molar-refractivity contribution < 1.29 is 9.53 Å². The molecule has 2 heterocycles. The third-order valence-electron chi connectivity index (χ3n) is 5.25. The first kappa shape index (κ1) is 17.2. The van der Waals surface area contributed by atoms with E-state index in [1.807, 2.05) is 29.8 Å². The maximum absolute atomic E-state index is 12.6. The van der Waals surface area contributed by atoms with Crippen LogP contribution in [-0.2, 0) is 11.3 Å². The third-order valence-corrected chi connectivity index (χ3v) is 5.25. The van der Waals surface area contributed by atoms with E-state index in [1.165, 1.54) is 18.4 Å². The molecule has 1 aromatic heterocycles. The highest BCUT2D eigenvalue weighted by Crippen LogP contribution is 2.28. The van der Waals surface area contributed by atoms with Crippen molar-refractivity contribution in [3.05, 3.63) is 53.3 Å². The van der Waals surface area contributed by atoms with E-state index in [9.17, 15) is 4.79 Å². The van der Waals surface area contributed by atoms with Crippen LogP contribution < -0.4 is 5.32 Å². The van der Waals surface area contributed by atoms with Gasteiger partial charge in [0.1, 0.15) is 0 Å². The fraction of sp³-hybridized carbons (Fsp3) is 0.500. The largest absolute Gasteiger partial charge is 0.374 e. The standard InChI is InChI=1S/C20H26N4O2/c1-15-19(12-22-24(15)13-16-5-3-2-4-6-16)20(25)21-11-18-14-23(9-10-26-18)17-7-8-17/h2-6,12,17-18H,7-11,13-14H2,1H3,(H,21,25). The molecule has 2 aromatic rings. The van der Waals surface area contributed by atoms with Gasteiger partial charge in [-0.25, -0.2) is 0 Å². The number of nitrogens with one attached hydrogen (secondary N) is 1. The second-order valence-electron chi connectivity index (χ2n) is 7.22. The number of amides is 1. The quantitative estimate of drug-likeness (QED) is 0.860. The van der Waals surface area contributed by atoms with Crippen LogP contribution in [0.15, 0.2) is 36.5 Å². The predicted octanol–water partition coefficient (Wildman–Crippen LogP) is 1.83. The van der Waals surface area contributed by atoms with Crippen LogP contribution in [0.5, 0.6) is 0 Å². The highest BCUT2D eigenvalue weighted by molar-refractivity contribution is 5.95. The van der Waals surface area contributed by atoms with Gasteiger partial charge in [0.05, 0.1) is 31.0 Å². The molecule has 1 aliphatic heterocycles. The number of rotatable bonds is 6. The molecule has 2 aliphatic rings. The van der Waals surface area contributed by atoms with E-state index < -0.39 is 0 Å². The molecule has 1 unspecified atom stereocenters. The summed E-state index contributed by atoms with van der Waals surface area (Å²) in [6, 6.07) is 10.9. The number of ether oxygens (including phenoxy) is 1. The minimum absolute atomic E-state index is 0.0750. The number of nitrogens with zero attached hydrogens (tertiary/aromatic N) is 3. The van der Waals surface area contributed by atoms with Crippen LogP contribution in [0.2, 0.25) is 0 Å². The fourth-order valence-corrected chi connectivity index (χ4v) is 3.52. The average molecular weight is 354 g/mol. The first-order valence-electron chi connectivity index (χ1n) is 9.41. The van der Waals surface area contributed by atoms with E-state index in [4.69, 9.17) is 4.74 Å². The summed E-state index contributed by atoms with van der Waals surface area (Å²) in [5.41, 5.74) is 2.69. The second-order valence-corrected chi connectivity index (χ2v) is 7.22. The number of hydrogen-bond acceptors (Lipinski definition) is 4. The lowest BCUT2D eigenvalue weighted by Gasteiger charge is -2.33. The van der Waals surface area contributed by atoms with Crippen molar-refractivity contribution in [3.63, 3.8) is 0 Å². The van der Waals surface area contributed by atoms with Crippen LogP contribution in [0.25, 0.3) is 0 Å². The van der Waals surface area contributed by atoms with Crippen molar-refractivity contribution in [1.29, 1.82) is 0 Å². The van der Waals surface area contributed by atoms with Crippen molar-refractivity contribution in [2.75, 3.05) is 26.2 Å². The Hall–Kier alpha value is -2.18. The van der Waals surface area contributed by atoms with Gasteiger partial charge in [-0.2, -0.15) is 5.10 Å². The Morgan fingerprint density at radius 1 is 1.31 bits per heavy atom. The molecule has 1 saturated heterocycles. The van der Waals surface area contributed by atoms with Crippen molar-refractivity contribution in [2.45, 2.75) is 38.5 Å². The van der Waals surface area contributed by atoms with E-state index in [2.05, 4.69) is 27.4 Å². The summed E-state index contributed by atoms with van der Waals surface area (Å²) >= 11 is 0. The molecule has 1 aliphatic carbocycles. The Balaban J connectivity index is 1.33. The smallest absolute Gasteiger partial charge is 0.254 e. The summed E-state index contributed by atoms with van der Waals surface area (Å²) in [5, 5.41) is 7.41. The zero-order valence-electron chi connectivity index (χ0n) is 15.2. The highest BCUT2D eigenvalue weighted by atomic mass is 16.5. The third kappa shape index (κ3) is 3.97. The molecule has 6 heteroatoms. The number of benzene rings is 1. The maximum atomic E-state index is 12.6. The van der Waals surface area contributed by atoms with Crippen LogP contribution in [-0.4, -0.2) is 59.0 Å². The predicted molar refractivity (Wildman–Crippen MR) is 99.2 cm³/mol. The van der Waals surface area contributed by atoms with Gasteiger partial charge < -0.3 is 10.1 Å². The van der Waals surface area contributed by atoms with Crippen LogP contribution >= 0.6 is 0 Å². The Labute approximate surface area is 154 Å². The summed E-state index contributed by atoms with van der Waals surface area (Å²) in [4.78, 5) is 15.1. The molecule has 138 valence electrons. The van der Waals surface area contributed by atoms with Gasteiger partial charge in [0.15, 0.2) is 0 Å². The minimum Gasteiger partial charge on any atom is -0.374 e. The summed E-state index contributed by atoms with van der Waals surface area (Å²) < 4.78 is 7.68. The number of carbonyl (C=O) groups is 1. The van der Waals surface area contributed by atoms with Gasteiger partial charge in [-0.05, 0) is 25.3 Å². The molecule has 1 N–H and O–H groups in total. The monoisotopic (exact) mass is 354 g/mol.